The average molecular weight is 534 g/mol. The molecule has 1 saturated heterocycles. The molecule has 11 heteroatoms. The van der Waals surface area contributed by atoms with Crippen molar-refractivity contribution >= 4 is 43.2 Å². The van der Waals surface area contributed by atoms with Crippen molar-refractivity contribution in [2.24, 2.45) is 0 Å². The van der Waals surface area contributed by atoms with Crippen LogP contribution in [0, 0.1) is 0 Å². The fourth-order valence-corrected chi connectivity index (χ4v) is 5.36. The summed E-state index contributed by atoms with van der Waals surface area (Å²) in [7, 11) is -3.56. The molecule has 3 heterocycles. The van der Waals surface area contributed by atoms with Crippen LogP contribution in [0.1, 0.15) is 65.8 Å². The van der Waals surface area contributed by atoms with Crippen LogP contribution in [0.3, 0.4) is 0 Å². The monoisotopic (exact) mass is 533 g/mol. The number of fused-ring (bicyclic) bond motifs is 1. The SMILES string of the molecule is CS(=O)(=O)Nc1ccc(Br)cc1C(=O)N1CCCC[C@H]1c1cc2nc(C3CC3)cc(=O)n2[nH]1. The maximum atomic E-state index is 13.6. The fraction of sp³-hybridized carbons (Fsp3) is 0.409. The van der Waals surface area contributed by atoms with E-state index in [2.05, 4.69) is 30.7 Å². The number of aromatic amines is 1. The van der Waals surface area contributed by atoms with Gasteiger partial charge in [-0.15, -0.1) is 0 Å². The number of nitrogens with one attached hydrogen (secondary N) is 2. The number of hydrogen-bond acceptors (Lipinski definition) is 5. The van der Waals surface area contributed by atoms with Gasteiger partial charge in [-0.05, 0) is 50.3 Å². The van der Waals surface area contributed by atoms with Crippen LogP contribution in [-0.4, -0.2) is 46.6 Å². The number of aromatic nitrogens is 3. The van der Waals surface area contributed by atoms with E-state index in [0.29, 0.717) is 22.6 Å². The van der Waals surface area contributed by atoms with E-state index in [-0.39, 0.29) is 28.8 Å². The largest absolute Gasteiger partial charge is 0.330 e. The molecule has 1 saturated carbocycles. The van der Waals surface area contributed by atoms with Gasteiger partial charge in [-0.3, -0.25) is 19.4 Å². The smallest absolute Gasteiger partial charge is 0.272 e. The molecular formula is C22H24BrN5O4S. The number of hydrogen-bond donors (Lipinski definition) is 2. The number of sulfonamides is 1. The van der Waals surface area contributed by atoms with E-state index in [1.165, 1.54) is 4.52 Å². The first kappa shape index (κ1) is 22.1. The summed E-state index contributed by atoms with van der Waals surface area (Å²) in [5.74, 6) is 0.0934. The predicted molar refractivity (Wildman–Crippen MR) is 128 cm³/mol. The topological polar surface area (TPSA) is 117 Å². The molecule has 2 fully saturated rings. The zero-order valence-corrected chi connectivity index (χ0v) is 20.4. The maximum Gasteiger partial charge on any atom is 0.272 e. The van der Waals surface area contributed by atoms with Crippen molar-refractivity contribution in [1.29, 1.82) is 0 Å². The van der Waals surface area contributed by atoms with Gasteiger partial charge in [0.2, 0.25) is 10.0 Å². The van der Waals surface area contributed by atoms with Gasteiger partial charge in [0.05, 0.1) is 34.9 Å². The number of H-pyrrole nitrogens is 1. The molecular weight excluding hydrogens is 510 g/mol. The lowest BCUT2D eigenvalue weighted by molar-refractivity contribution is 0.0606. The lowest BCUT2D eigenvalue weighted by Gasteiger charge is -2.35. The minimum atomic E-state index is -3.56. The van der Waals surface area contributed by atoms with E-state index < -0.39 is 10.0 Å². The average Bonchev–Trinajstić information content (AvgIpc) is 3.52. The number of amides is 1. The van der Waals surface area contributed by atoms with Crippen molar-refractivity contribution in [3.63, 3.8) is 0 Å². The van der Waals surface area contributed by atoms with Gasteiger partial charge in [0, 0.05) is 29.1 Å². The van der Waals surface area contributed by atoms with Crippen molar-refractivity contribution in [1.82, 2.24) is 19.5 Å². The second-order valence-electron chi connectivity index (χ2n) is 8.77. The molecule has 0 unspecified atom stereocenters. The highest BCUT2D eigenvalue weighted by Gasteiger charge is 2.32. The summed E-state index contributed by atoms with van der Waals surface area (Å²) < 4.78 is 28.2. The molecule has 0 spiro atoms. The second-order valence-corrected chi connectivity index (χ2v) is 11.4. The third-order valence-corrected chi connectivity index (χ3v) is 7.20. The van der Waals surface area contributed by atoms with E-state index in [1.807, 2.05) is 6.07 Å². The Hall–Kier alpha value is -2.66. The van der Waals surface area contributed by atoms with Crippen LogP contribution in [0.5, 0.6) is 0 Å². The number of nitrogens with zero attached hydrogens (tertiary/aromatic N) is 3. The van der Waals surface area contributed by atoms with Crippen molar-refractivity contribution < 1.29 is 13.2 Å². The van der Waals surface area contributed by atoms with Crippen molar-refractivity contribution in [2.45, 2.75) is 44.1 Å². The zero-order chi connectivity index (χ0) is 23.3. The van der Waals surface area contributed by atoms with E-state index >= 15 is 0 Å². The van der Waals surface area contributed by atoms with Gasteiger partial charge < -0.3 is 4.90 Å². The normalized spacial score (nSPS) is 19.1. The number of carbonyl (C=O) groups is 1. The Bertz CT molecular complexity index is 1410. The van der Waals surface area contributed by atoms with Crippen LogP contribution >= 0.6 is 15.9 Å². The molecule has 33 heavy (non-hydrogen) atoms. The Labute approximate surface area is 199 Å². The van der Waals surface area contributed by atoms with Crippen molar-refractivity contribution in [2.75, 3.05) is 17.5 Å². The maximum absolute atomic E-state index is 13.6. The highest BCUT2D eigenvalue weighted by atomic mass is 79.9. The predicted octanol–water partition coefficient (Wildman–Crippen LogP) is 3.40. The fourth-order valence-electron chi connectivity index (χ4n) is 4.42. The summed E-state index contributed by atoms with van der Waals surface area (Å²) in [6.45, 7) is 0.527. The van der Waals surface area contributed by atoms with Gasteiger partial charge in [0.15, 0.2) is 5.65 Å². The van der Waals surface area contributed by atoms with Crippen LogP contribution in [0.2, 0.25) is 0 Å². The molecule has 9 nitrogen and oxygen atoms in total. The first-order valence-corrected chi connectivity index (χ1v) is 13.6. The van der Waals surface area contributed by atoms with Crippen molar-refractivity contribution in [3.05, 3.63) is 62.1 Å². The summed E-state index contributed by atoms with van der Waals surface area (Å²) >= 11 is 3.38. The molecule has 0 bridgehead atoms. The quantitative estimate of drug-likeness (QED) is 0.521. The van der Waals surface area contributed by atoms with Crippen LogP contribution in [-0.2, 0) is 10.0 Å². The molecule has 0 radical (unpaired) electrons. The van der Waals surface area contributed by atoms with E-state index in [0.717, 1.165) is 49.7 Å². The molecule has 174 valence electrons. The molecule has 2 N–H and O–H groups in total. The zero-order valence-electron chi connectivity index (χ0n) is 18.0. The summed E-state index contributed by atoms with van der Waals surface area (Å²) in [4.78, 5) is 32.7. The number of anilines is 1. The third kappa shape index (κ3) is 4.56. The first-order chi connectivity index (χ1) is 15.7. The number of carbonyl (C=O) groups excluding carboxylic acids is 1. The van der Waals surface area contributed by atoms with Gasteiger partial charge in [-0.25, -0.2) is 17.9 Å². The number of piperidine rings is 1. The van der Waals surface area contributed by atoms with E-state index in [9.17, 15) is 18.0 Å². The molecule has 2 aliphatic rings. The van der Waals surface area contributed by atoms with Crippen molar-refractivity contribution in [3.8, 4) is 0 Å². The minimum Gasteiger partial charge on any atom is -0.330 e. The Kier molecular flexibility index (Phi) is 5.56. The lowest BCUT2D eigenvalue weighted by atomic mass is 9.98. The highest BCUT2D eigenvalue weighted by molar-refractivity contribution is 9.10. The molecule has 1 aliphatic carbocycles. The highest BCUT2D eigenvalue weighted by Crippen LogP contribution is 2.39. The Morgan fingerprint density at radius 2 is 1.97 bits per heavy atom. The molecule has 1 aromatic carbocycles. The molecule has 1 atom stereocenters. The van der Waals surface area contributed by atoms with Gasteiger partial charge in [-0.1, -0.05) is 15.9 Å². The number of likely N-dealkylation sites (tertiary alicyclic amines) is 1. The summed E-state index contributed by atoms with van der Waals surface area (Å²) in [6, 6.07) is 8.04. The Morgan fingerprint density at radius 3 is 2.70 bits per heavy atom. The molecule has 3 aromatic rings. The lowest BCUT2D eigenvalue weighted by Crippen LogP contribution is -2.39. The first-order valence-electron chi connectivity index (χ1n) is 10.9. The van der Waals surface area contributed by atoms with Gasteiger partial charge >= 0.3 is 0 Å². The molecule has 1 amide bonds. The van der Waals surface area contributed by atoms with Gasteiger partial charge in [0.1, 0.15) is 0 Å². The minimum absolute atomic E-state index is 0.159. The third-order valence-electron chi connectivity index (χ3n) is 6.12. The summed E-state index contributed by atoms with van der Waals surface area (Å²) in [5.41, 5.74) is 2.47. The van der Waals surface area contributed by atoms with Crippen LogP contribution < -0.4 is 10.3 Å². The van der Waals surface area contributed by atoms with Gasteiger partial charge in [-0.2, -0.15) is 0 Å². The van der Waals surface area contributed by atoms with Crippen LogP contribution in [0.4, 0.5) is 5.69 Å². The standard InChI is InChI=1S/C22H24BrN5O4S/c1-33(31,32)26-16-8-7-14(23)10-15(16)22(30)27-9-3-2-4-19(27)18-11-20-24-17(13-5-6-13)12-21(29)28(20)25-18/h7-8,10-13,19,25-26H,2-6,9H2,1H3/t19-/m0/s1. The number of benzene rings is 1. The summed E-state index contributed by atoms with van der Waals surface area (Å²) in [5, 5.41) is 3.15. The molecule has 2 aromatic heterocycles. The van der Waals surface area contributed by atoms with Gasteiger partial charge in [0.25, 0.3) is 11.5 Å². The second kappa shape index (κ2) is 8.28. The number of rotatable bonds is 5. The summed E-state index contributed by atoms with van der Waals surface area (Å²) in [6.07, 6.45) is 5.67. The Morgan fingerprint density at radius 1 is 1.18 bits per heavy atom. The molecule has 1 aliphatic heterocycles. The van der Waals surface area contributed by atoms with E-state index in [4.69, 9.17) is 0 Å². The molecule has 5 rings (SSSR count). The van der Waals surface area contributed by atoms with Crippen LogP contribution in [0.25, 0.3) is 5.65 Å². The van der Waals surface area contributed by atoms with Crippen LogP contribution in [0.15, 0.2) is 39.6 Å². The number of halogens is 1. The van der Waals surface area contributed by atoms with E-state index in [1.54, 1.807) is 29.2 Å². The Balaban J connectivity index is 1.52.